The van der Waals surface area contributed by atoms with E-state index in [-0.39, 0.29) is 19.1 Å². The maximum atomic E-state index is 12.2. The SMILES string of the molecule is O=C(NCCO)c1ccc(C(=C2CCNCC2)c2cccc3cccnc23)cc1. The first-order valence-electron chi connectivity index (χ1n) is 10.0. The standard InChI is InChI=1S/C24H25N3O2/c28-16-15-27-24(29)20-8-6-17(7-9-20)22(18-10-13-25-14-11-18)21-5-1-3-19-4-2-12-26-23(19)21/h1-9,12,25,28H,10-11,13-16H2,(H,27,29). The molecule has 1 aromatic heterocycles. The van der Waals surface area contributed by atoms with Gasteiger partial charge in [-0.05, 0) is 55.3 Å². The number of fused-ring (bicyclic) bond motifs is 1. The van der Waals surface area contributed by atoms with Crippen LogP contribution in [0.25, 0.3) is 16.5 Å². The van der Waals surface area contributed by atoms with Crippen LogP contribution in [0.4, 0.5) is 0 Å². The van der Waals surface area contributed by atoms with Crippen molar-refractivity contribution in [3.8, 4) is 0 Å². The summed E-state index contributed by atoms with van der Waals surface area (Å²) in [7, 11) is 0. The summed E-state index contributed by atoms with van der Waals surface area (Å²) in [6.45, 7) is 2.13. The highest BCUT2D eigenvalue weighted by molar-refractivity contribution is 5.98. The zero-order chi connectivity index (χ0) is 20.1. The molecule has 2 heterocycles. The van der Waals surface area contributed by atoms with Gasteiger partial charge >= 0.3 is 0 Å². The Bertz CT molecular complexity index is 1030. The summed E-state index contributed by atoms with van der Waals surface area (Å²) in [6, 6.07) is 18.1. The van der Waals surface area contributed by atoms with Gasteiger partial charge in [-0.2, -0.15) is 0 Å². The molecule has 1 amide bonds. The molecule has 5 heteroatoms. The van der Waals surface area contributed by atoms with Crippen molar-refractivity contribution >= 4 is 22.4 Å². The molecule has 1 aliphatic rings. The molecule has 3 aromatic rings. The lowest BCUT2D eigenvalue weighted by molar-refractivity contribution is 0.0945. The third kappa shape index (κ3) is 4.21. The second-order valence-corrected chi connectivity index (χ2v) is 7.17. The van der Waals surface area contributed by atoms with Gasteiger partial charge in [-0.1, -0.05) is 42.0 Å². The molecule has 0 bridgehead atoms. The molecule has 0 unspecified atom stereocenters. The Hall–Kier alpha value is -3.02. The van der Waals surface area contributed by atoms with Crippen molar-refractivity contribution in [3.63, 3.8) is 0 Å². The average Bonchev–Trinajstić information content (AvgIpc) is 2.79. The van der Waals surface area contributed by atoms with E-state index in [0.29, 0.717) is 5.56 Å². The van der Waals surface area contributed by atoms with Crippen LogP contribution in [-0.2, 0) is 0 Å². The van der Waals surface area contributed by atoms with Gasteiger partial charge in [-0.3, -0.25) is 9.78 Å². The van der Waals surface area contributed by atoms with E-state index in [1.165, 1.54) is 11.1 Å². The minimum Gasteiger partial charge on any atom is -0.395 e. The highest BCUT2D eigenvalue weighted by Crippen LogP contribution is 2.34. The van der Waals surface area contributed by atoms with E-state index in [2.05, 4.69) is 39.9 Å². The number of para-hydroxylation sites is 1. The van der Waals surface area contributed by atoms with Crippen molar-refractivity contribution in [2.45, 2.75) is 12.8 Å². The molecule has 29 heavy (non-hydrogen) atoms. The van der Waals surface area contributed by atoms with Gasteiger partial charge in [0.25, 0.3) is 5.91 Å². The number of hydrogen-bond donors (Lipinski definition) is 3. The van der Waals surface area contributed by atoms with Gasteiger partial charge in [0.2, 0.25) is 0 Å². The lowest BCUT2D eigenvalue weighted by Crippen LogP contribution is -2.26. The number of carbonyl (C=O) groups is 1. The highest BCUT2D eigenvalue weighted by atomic mass is 16.3. The average molecular weight is 387 g/mol. The predicted molar refractivity (Wildman–Crippen MR) is 116 cm³/mol. The maximum absolute atomic E-state index is 12.2. The van der Waals surface area contributed by atoms with Crippen molar-refractivity contribution in [3.05, 3.63) is 83.1 Å². The Labute approximate surface area is 170 Å². The van der Waals surface area contributed by atoms with Crippen LogP contribution in [0.1, 0.15) is 34.3 Å². The first-order valence-corrected chi connectivity index (χ1v) is 10.0. The third-order valence-corrected chi connectivity index (χ3v) is 5.30. The first-order chi connectivity index (χ1) is 14.3. The van der Waals surface area contributed by atoms with Crippen LogP contribution in [0.15, 0.2) is 66.4 Å². The number of hydrogen-bond acceptors (Lipinski definition) is 4. The monoisotopic (exact) mass is 387 g/mol. The summed E-state index contributed by atoms with van der Waals surface area (Å²) < 4.78 is 0. The zero-order valence-corrected chi connectivity index (χ0v) is 16.3. The number of aromatic nitrogens is 1. The van der Waals surface area contributed by atoms with Gasteiger partial charge in [0, 0.05) is 29.3 Å². The largest absolute Gasteiger partial charge is 0.395 e. The van der Waals surface area contributed by atoms with Crippen molar-refractivity contribution in [2.24, 2.45) is 0 Å². The molecule has 0 spiro atoms. The van der Waals surface area contributed by atoms with Gasteiger partial charge in [0.1, 0.15) is 0 Å². The minimum atomic E-state index is -0.173. The molecule has 5 nitrogen and oxygen atoms in total. The molecular formula is C24H25N3O2. The summed E-state index contributed by atoms with van der Waals surface area (Å²) >= 11 is 0. The van der Waals surface area contributed by atoms with Crippen LogP contribution in [0.5, 0.6) is 0 Å². The quantitative estimate of drug-likeness (QED) is 0.629. The second-order valence-electron chi connectivity index (χ2n) is 7.17. The van der Waals surface area contributed by atoms with Gasteiger partial charge in [-0.25, -0.2) is 0 Å². The molecule has 0 aliphatic carbocycles. The number of piperidine rings is 1. The Kier molecular flexibility index (Phi) is 5.98. The summed E-state index contributed by atoms with van der Waals surface area (Å²) in [6.07, 6.45) is 3.83. The van der Waals surface area contributed by atoms with Gasteiger partial charge in [-0.15, -0.1) is 0 Å². The van der Waals surface area contributed by atoms with Crippen molar-refractivity contribution in [1.82, 2.24) is 15.6 Å². The number of nitrogens with one attached hydrogen (secondary N) is 2. The number of aliphatic hydroxyl groups excluding tert-OH is 1. The topological polar surface area (TPSA) is 74.2 Å². The smallest absolute Gasteiger partial charge is 0.251 e. The fourth-order valence-corrected chi connectivity index (χ4v) is 3.89. The number of nitrogens with zero attached hydrogens (tertiary/aromatic N) is 1. The van der Waals surface area contributed by atoms with Crippen LogP contribution in [0.2, 0.25) is 0 Å². The Morgan fingerprint density at radius 3 is 2.48 bits per heavy atom. The fraction of sp³-hybridized carbons (Fsp3) is 0.250. The van der Waals surface area contributed by atoms with E-state index in [1.54, 1.807) is 0 Å². The minimum absolute atomic E-state index is 0.0673. The van der Waals surface area contributed by atoms with Crippen LogP contribution in [0.3, 0.4) is 0 Å². The van der Waals surface area contributed by atoms with Crippen LogP contribution in [0, 0.1) is 0 Å². The molecular weight excluding hydrogens is 362 g/mol. The molecule has 2 aromatic carbocycles. The molecule has 1 saturated heterocycles. The lowest BCUT2D eigenvalue weighted by atomic mass is 9.87. The number of aliphatic hydroxyl groups is 1. The Morgan fingerprint density at radius 1 is 1.00 bits per heavy atom. The summed E-state index contributed by atoms with van der Waals surface area (Å²) in [5, 5.41) is 16.2. The Morgan fingerprint density at radius 2 is 1.72 bits per heavy atom. The zero-order valence-electron chi connectivity index (χ0n) is 16.3. The molecule has 0 radical (unpaired) electrons. The number of carbonyl (C=O) groups excluding carboxylic acids is 1. The number of benzene rings is 2. The molecule has 1 fully saturated rings. The van der Waals surface area contributed by atoms with Crippen LogP contribution >= 0.6 is 0 Å². The Balaban J connectivity index is 1.79. The van der Waals surface area contributed by atoms with E-state index in [1.807, 2.05) is 36.5 Å². The number of amides is 1. The van der Waals surface area contributed by atoms with E-state index >= 15 is 0 Å². The molecule has 4 rings (SSSR count). The summed E-state index contributed by atoms with van der Waals surface area (Å²) in [5.74, 6) is -0.173. The van der Waals surface area contributed by atoms with Gasteiger partial charge < -0.3 is 15.7 Å². The summed E-state index contributed by atoms with van der Waals surface area (Å²) in [5.41, 5.74) is 6.46. The number of rotatable bonds is 5. The maximum Gasteiger partial charge on any atom is 0.251 e. The normalized spacial score (nSPS) is 14.0. The second kappa shape index (κ2) is 8.99. The van der Waals surface area contributed by atoms with E-state index < -0.39 is 0 Å². The van der Waals surface area contributed by atoms with Gasteiger partial charge in [0.15, 0.2) is 0 Å². The molecule has 0 saturated carbocycles. The van der Waals surface area contributed by atoms with E-state index in [4.69, 9.17) is 5.11 Å². The number of pyridine rings is 1. The predicted octanol–water partition coefficient (Wildman–Crippen LogP) is 3.14. The summed E-state index contributed by atoms with van der Waals surface area (Å²) in [4.78, 5) is 16.8. The third-order valence-electron chi connectivity index (χ3n) is 5.30. The lowest BCUT2D eigenvalue weighted by Gasteiger charge is -2.22. The fourth-order valence-electron chi connectivity index (χ4n) is 3.89. The highest BCUT2D eigenvalue weighted by Gasteiger charge is 2.17. The van der Waals surface area contributed by atoms with E-state index in [9.17, 15) is 4.79 Å². The van der Waals surface area contributed by atoms with E-state index in [0.717, 1.165) is 48.0 Å². The van der Waals surface area contributed by atoms with Crippen LogP contribution < -0.4 is 10.6 Å². The molecule has 1 aliphatic heterocycles. The first kappa shape index (κ1) is 19.3. The van der Waals surface area contributed by atoms with Crippen molar-refractivity contribution in [2.75, 3.05) is 26.2 Å². The van der Waals surface area contributed by atoms with Crippen molar-refractivity contribution < 1.29 is 9.90 Å². The molecule has 3 N–H and O–H groups in total. The van der Waals surface area contributed by atoms with Gasteiger partial charge in [0.05, 0.1) is 12.1 Å². The molecule has 0 atom stereocenters. The van der Waals surface area contributed by atoms with Crippen molar-refractivity contribution in [1.29, 1.82) is 0 Å². The molecule has 148 valence electrons. The van der Waals surface area contributed by atoms with Crippen LogP contribution in [-0.4, -0.2) is 42.2 Å².